The van der Waals surface area contributed by atoms with Gasteiger partial charge in [0.15, 0.2) is 0 Å². The SMILES string of the molecule is CCC1=C(CC)c2cc3[n-]c(cc4nc(cc5[cH-]c(cc1n2)c(CC)c5CC)C(CC)=C4CC)c(CC)c3CC.[Pt+2]. The molecule has 3 nitrogen and oxygen atoms in total. The molecule has 5 rings (SSSR count). The van der Waals surface area contributed by atoms with Gasteiger partial charge in [0.25, 0.3) is 0 Å². The standard InChI is InChI=1S/C37H45N3.Pt/c1-9-24-22-17-23(25(24)10-2)19-33-27(12-4)29(14-6)35(39-33)21-37-31(16-8)30(15-7)36(40-37)20-34-28(13-5)26(11-3)32(18-22)38-34;/h17-21H,9-16H2,1-8H3;/q-2;+2. The van der Waals surface area contributed by atoms with Gasteiger partial charge in [0.05, 0.1) is 11.4 Å². The molecule has 0 atom stereocenters. The predicted molar refractivity (Wildman–Crippen MR) is 174 cm³/mol. The van der Waals surface area contributed by atoms with Crippen LogP contribution < -0.4 is 4.98 Å². The molecule has 41 heavy (non-hydrogen) atoms. The Kier molecular flexibility index (Phi) is 10.0. The van der Waals surface area contributed by atoms with Crippen molar-refractivity contribution in [1.82, 2.24) is 15.0 Å². The van der Waals surface area contributed by atoms with Gasteiger partial charge in [0.2, 0.25) is 0 Å². The van der Waals surface area contributed by atoms with Crippen LogP contribution in [0, 0.1) is 0 Å². The molecule has 0 fully saturated rings. The molecule has 2 aliphatic rings. The summed E-state index contributed by atoms with van der Waals surface area (Å²) in [5.41, 5.74) is 17.6. The predicted octanol–water partition coefficient (Wildman–Crippen LogP) is 10.0. The van der Waals surface area contributed by atoms with Crippen LogP contribution in [0.15, 0.2) is 30.3 Å². The molecule has 4 heterocycles. The van der Waals surface area contributed by atoms with E-state index in [1.165, 1.54) is 55.3 Å². The van der Waals surface area contributed by atoms with Crippen molar-refractivity contribution in [1.29, 1.82) is 0 Å². The molecule has 2 aromatic heterocycles. The van der Waals surface area contributed by atoms with Gasteiger partial charge in [-0.15, -0.1) is 39.0 Å². The van der Waals surface area contributed by atoms with Gasteiger partial charge in [0, 0.05) is 11.4 Å². The Hall–Kier alpha value is -2.64. The van der Waals surface area contributed by atoms with Crippen LogP contribution >= 0.6 is 0 Å². The fourth-order valence-corrected chi connectivity index (χ4v) is 7.14. The van der Waals surface area contributed by atoms with E-state index < -0.39 is 0 Å². The van der Waals surface area contributed by atoms with Gasteiger partial charge >= 0.3 is 21.1 Å². The largest absolute Gasteiger partial charge is 2.00 e. The van der Waals surface area contributed by atoms with Gasteiger partial charge in [-0.2, -0.15) is 0 Å². The second-order valence-electron chi connectivity index (χ2n) is 10.9. The maximum Gasteiger partial charge on any atom is 2.00 e. The van der Waals surface area contributed by atoms with Crippen LogP contribution in [0.25, 0.3) is 44.1 Å². The Balaban J connectivity index is 0.00000387. The number of aryl methyl sites for hydroxylation is 4. The molecule has 8 bridgehead atoms. The van der Waals surface area contributed by atoms with Gasteiger partial charge in [-0.05, 0) is 60.8 Å². The number of fused-ring (bicyclic) bond motifs is 8. The minimum atomic E-state index is 0. The molecule has 0 saturated carbocycles. The van der Waals surface area contributed by atoms with E-state index >= 15 is 0 Å². The first kappa shape index (κ1) is 31.3. The van der Waals surface area contributed by atoms with Gasteiger partial charge < -0.3 is 4.98 Å². The fourth-order valence-electron chi connectivity index (χ4n) is 7.14. The van der Waals surface area contributed by atoms with Crippen LogP contribution in [0.2, 0.25) is 0 Å². The summed E-state index contributed by atoms with van der Waals surface area (Å²) in [7, 11) is 0. The summed E-state index contributed by atoms with van der Waals surface area (Å²) in [6.07, 6.45) is 7.84. The number of hydrogen-bond donors (Lipinski definition) is 0. The zero-order valence-corrected chi connectivity index (χ0v) is 28.5. The third kappa shape index (κ3) is 5.36. The Labute approximate surface area is 261 Å². The zero-order chi connectivity index (χ0) is 28.6. The summed E-state index contributed by atoms with van der Waals surface area (Å²) >= 11 is 0. The molecule has 2 aliphatic heterocycles. The first-order valence-corrected chi connectivity index (χ1v) is 15.7. The topological polar surface area (TPSA) is 39.9 Å². The molecule has 0 aliphatic carbocycles. The maximum atomic E-state index is 5.29. The van der Waals surface area contributed by atoms with Crippen molar-refractivity contribution in [2.75, 3.05) is 0 Å². The van der Waals surface area contributed by atoms with Gasteiger partial charge in [-0.3, -0.25) is 9.97 Å². The molecule has 0 radical (unpaired) electrons. The van der Waals surface area contributed by atoms with Gasteiger partial charge in [0.1, 0.15) is 0 Å². The Bertz CT molecular complexity index is 1440. The van der Waals surface area contributed by atoms with Crippen LogP contribution in [0.4, 0.5) is 0 Å². The molecule has 0 N–H and O–H groups in total. The van der Waals surface area contributed by atoms with Crippen LogP contribution in [-0.2, 0) is 46.7 Å². The molecule has 0 saturated heterocycles. The minimum Gasteiger partial charge on any atom is -0.657 e. The van der Waals surface area contributed by atoms with E-state index in [0.717, 1.165) is 85.2 Å². The Morgan fingerprint density at radius 3 is 1.07 bits per heavy atom. The van der Waals surface area contributed by atoms with Crippen molar-refractivity contribution in [2.45, 2.75) is 107 Å². The quantitative estimate of drug-likeness (QED) is 0.217. The minimum absolute atomic E-state index is 0. The second kappa shape index (κ2) is 13.1. The summed E-state index contributed by atoms with van der Waals surface area (Å²) in [6.45, 7) is 18.1. The van der Waals surface area contributed by atoms with E-state index in [2.05, 4.69) is 85.7 Å². The van der Waals surface area contributed by atoms with Gasteiger partial charge in [-0.25, -0.2) is 0 Å². The number of aromatic nitrogens is 3. The van der Waals surface area contributed by atoms with Crippen molar-refractivity contribution in [3.63, 3.8) is 0 Å². The number of nitrogens with zero attached hydrogens (tertiary/aromatic N) is 3. The van der Waals surface area contributed by atoms with Crippen LogP contribution in [0.5, 0.6) is 0 Å². The summed E-state index contributed by atoms with van der Waals surface area (Å²) < 4.78 is 0. The van der Waals surface area contributed by atoms with E-state index in [9.17, 15) is 0 Å². The Morgan fingerprint density at radius 2 is 0.780 bits per heavy atom. The van der Waals surface area contributed by atoms with E-state index in [-0.39, 0.29) is 21.1 Å². The Morgan fingerprint density at radius 1 is 0.463 bits per heavy atom. The smallest absolute Gasteiger partial charge is 0.657 e. The second-order valence-corrected chi connectivity index (χ2v) is 10.9. The van der Waals surface area contributed by atoms with E-state index in [1.807, 2.05) is 0 Å². The zero-order valence-electron chi connectivity index (χ0n) is 26.2. The summed E-state index contributed by atoms with van der Waals surface area (Å²) in [4.78, 5) is 15.9. The molecule has 218 valence electrons. The molecule has 1 aromatic carbocycles. The first-order chi connectivity index (χ1) is 19.5. The average Bonchev–Trinajstić information content (AvgIpc) is 3.67. The third-order valence-electron chi connectivity index (χ3n) is 9.00. The molecule has 3 aromatic rings. The summed E-state index contributed by atoms with van der Waals surface area (Å²) in [6, 6.07) is 11.6. The molecule has 0 spiro atoms. The third-order valence-corrected chi connectivity index (χ3v) is 9.00. The normalized spacial score (nSPS) is 13.3. The average molecular weight is 727 g/mol. The van der Waals surface area contributed by atoms with Crippen LogP contribution in [0.3, 0.4) is 0 Å². The van der Waals surface area contributed by atoms with Crippen LogP contribution in [0.1, 0.15) is 126 Å². The van der Waals surface area contributed by atoms with E-state index in [1.54, 1.807) is 0 Å². The maximum absolute atomic E-state index is 5.29. The summed E-state index contributed by atoms with van der Waals surface area (Å²) in [5, 5.41) is 2.62. The number of hydrogen-bond acceptors (Lipinski definition) is 2. The molecule has 4 heteroatoms. The van der Waals surface area contributed by atoms with E-state index in [4.69, 9.17) is 15.0 Å². The fraction of sp³-hybridized carbons (Fsp3) is 0.432. The number of allylic oxidation sites excluding steroid dienone is 4. The molecule has 0 unspecified atom stereocenters. The van der Waals surface area contributed by atoms with Crippen molar-refractivity contribution in [3.8, 4) is 0 Å². The van der Waals surface area contributed by atoms with Crippen LogP contribution in [-0.4, -0.2) is 9.97 Å². The molecule has 0 amide bonds. The van der Waals surface area contributed by atoms with Crippen molar-refractivity contribution in [2.24, 2.45) is 0 Å². The molecular formula is C37H45N3Pt. The van der Waals surface area contributed by atoms with Gasteiger partial charge in [-0.1, -0.05) is 104 Å². The molecular weight excluding hydrogens is 682 g/mol. The van der Waals surface area contributed by atoms with E-state index in [0.29, 0.717) is 0 Å². The van der Waals surface area contributed by atoms with Crippen molar-refractivity contribution < 1.29 is 21.1 Å². The monoisotopic (exact) mass is 726 g/mol. The van der Waals surface area contributed by atoms with Crippen molar-refractivity contribution >= 4 is 44.1 Å². The summed E-state index contributed by atoms with van der Waals surface area (Å²) in [5.74, 6) is 0. The first-order valence-electron chi connectivity index (χ1n) is 15.7. The van der Waals surface area contributed by atoms with Crippen molar-refractivity contribution in [3.05, 3.63) is 75.4 Å². The number of rotatable bonds is 8.